The summed E-state index contributed by atoms with van der Waals surface area (Å²) in [6.45, 7) is 0. The first-order valence-electron chi connectivity index (χ1n) is 9.43. The zero-order chi connectivity index (χ0) is 22.1. The van der Waals surface area contributed by atoms with Crippen molar-refractivity contribution in [2.24, 2.45) is 0 Å². The van der Waals surface area contributed by atoms with Crippen LogP contribution in [0.5, 0.6) is 0 Å². The van der Waals surface area contributed by atoms with Gasteiger partial charge in [0.05, 0.1) is 5.69 Å². The fourth-order valence-corrected chi connectivity index (χ4v) is 4.38. The molecule has 148 valence electrons. The number of carbonyl (C=O) groups is 2. The number of rotatable bonds is 1. The van der Waals surface area contributed by atoms with Crippen molar-refractivity contribution in [3.8, 4) is 12.1 Å². The van der Waals surface area contributed by atoms with E-state index < -0.39 is 17.4 Å². The van der Waals surface area contributed by atoms with Crippen LogP contribution in [0.25, 0.3) is 27.2 Å². The number of aromatic nitrogens is 3. The Morgan fingerprint density at radius 2 is 1.44 bits per heavy atom. The highest BCUT2D eigenvalue weighted by Crippen LogP contribution is 2.38. The van der Waals surface area contributed by atoms with Gasteiger partial charge in [-0.05, 0) is 36.4 Å². The van der Waals surface area contributed by atoms with Crippen LogP contribution < -0.4 is 10.5 Å². The second kappa shape index (κ2) is 5.94. The first-order valence-corrected chi connectivity index (χ1v) is 9.43. The van der Waals surface area contributed by atoms with E-state index in [0.29, 0.717) is 21.8 Å². The minimum absolute atomic E-state index is 0.135. The lowest BCUT2D eigenvalue weighted by atomic mass is 9.90. The van der Waals surface area contributed by atoms with Crippen molar-refractivity contribution in [1.29, 1.82) is 10.5 Å². The number of nitriles is 2. The Hall–Kier alpha value is -5.15. The van der Waals surface area contributed by atoms with E-state index in [0.717, 1.165) is 9.30 Å². The molecule has 1 aliphatic rings. The average Bonchev–Trinajstić information content (AvgIpc) is 3.21. The first-order chi connectivity index (χ1) is 15.6. The van der Waals surface area contributed by atoms with E-state index in [1.54, 1.807) is 24.3 Å². The monoisotopic (exact) mass is 416 g/mol. The number of imidazole rings is 1. The smallest absolute Gasteiger partial charge is 0.265 e. The van der Waals surface area contributed by atoms with E-state index in [-0.39, 0.29) is 33.5 Å². The standard InChI is InChI=1S/C23H8N6O3/c24-9-16-17(10-25)29-20(27-16)12-1-2-14-19-15(4-3-13(18(12)19)23(29)32)22(31)28(21(14)30)11-5-7-26-8-6-11/h1-8H. The number of hydrogen-bond acceptors (Lipinski definition) is 7. The zero-order valence-corrected chi connectivity index (χ0v) is 16.0. The molecule has 0 spiro atoms. The molecule has 3 aromatic heterocycles. The fraction of sp³-hybridized carbons (Fsp3) is 0. The summed E-state index contributed by atoms with van der Waals surface area (Å²) >= 11 is 0. The summed E-state index contributed by atoms with van der Waals surface area (Å²) in [5.74, 6) is -1.04. The van der Waals surface area contributed by atoms with Gasteiger partial charge in [-0.25, -0.2) is 14.3 Å². The van der Waals surface area contributed by atoms with Crippen molar-refractivity contribution in [2.45, 2.75) is 0 Å². The number of carbonyl (C=O) groups excluding carboxylic acids is 2. The number of imide groups is 1. The Labute approximate surface area is 178 Å². The van der Waals surface area contributed by atoms with Crippen LogP contribution in [-0.2, 0) is 0 Å². The molecule has 0 saturated heterocycles. The molecule has 0 bridgehead atoms. The molecule has 2 amide bonds. The van der Waals surface area contributed by atoms with Gasteiger partial charge in [0, 0.05) is 45.1 Å². The summed E-state index contributed by atoms with van der Waals surface area (Å²) in [4.78, 5) is 49.1. The van der Waals surface area contributed by atoms with Crippen molar-refractivity contribution in [1.82, 2.24) is 14.4 Å². The number of hydrogen-bond donors (Lipinski definition) is 0. The number of nitrogens with zero attached hydrogens (tertiary/aromatic N) is 6. The maximum Gasteiger partial charge on any atom is 0.265 e. The molecule has 0 atom stereocenters. The first kappa shape index (κ1) is 17.7. The molecule has 0 aliphatic carbocycles. The number of benzene rings is 2. The quantitative estimate of drug-likeness (QED) is 0.383. The second-order valence-corrected chi connectivity index (χ2v) is 7.22. The summed E-state index contributed by atoms with van der Waals surface area (Å²) < 4.78 is 1.10. The van der Waals surface area contributed by atoms with Gasteiger partial charge >= 0.3 is 0 Å². The molecule has 0 radical (unpaired) electrons. The van der Waals surface area contributed by atoms with Gasteiger partial charge in [-0.2, -0.15) is 10.5 Å². The van der Waals surface area contributed by atoms with Crippen LogP contribution in [0.2, 0.25) is 0 Å². The van der Waals surface area contributed by atoms with Gasteiger partial charge in [-0.15, -0.1) is 0 Å². The molecule has 9 nitrogen and oxygen atoms in total. The van der Waals surface area contributed by atoms with Gasteiger partial charge in [0.25, 0.3) is 17.4 Å². The maximum atomic E-state index is 13.3. The largest absolute Gasteiger partial charge is 0.268 e. The Morgan fingerprint density at radius 3 is 2.06 bits per heavy atom. The van der Waals surface area contributed by atoms with Gasteiger partial charge in [0.2, 0.25) is 0 Å². The summed E-state index contributed by atoms with van der Waals surface area (Å²) in [6.07, 6.45) is 2.98. The molecule has 0 fully saturated rings. The van der Waals surface area contributed by atoms with Gasteiger partial charge in [-0.3, -0.25) is 19.4 Å². The second-order valence-electron chi connectivity index (χ2n) is 7.22. The van der Waals surface area contributed by atoms with Gasteiger partial charge in [0.15, 0.2) is 11.4 Å². The SMILES string of the molecule is N#Cc1nc2c3ccc4c5c(ccc(c(=O)n2c1C#N)c53)C(=O)N(c1ccncc1)C4=O. The fourth-order valence-electron chi connectivity index (χ4n) is 4.38. The average molecular weight is 416 g/mol. The predicted octanol–water partition coefficient (Wildman–Crippen LogP) is 2.38. The van der Waals surface area contributed by atoms with Crippen LogP contribution in [0, 0.1) is 22.7 Å². The Balaban J connectivity index is 1.78. The van der Waals surface area contributed by atoms with Crippen LogP contribution >= 0.6 is 0 Å². The van der Waals surface area contributed by atoms with Crippen molar-refractivity contribution in [3.63, 3.8) is 0 Å². The third-order valence-electron chi connectivity index (χ3n) is 5.71. The number of pyridine rings is 2. The van der Waals surface area contributed by atoms with E-state index in [4.69, 9.17) is 0 Å². The van der Waals surface area contributed by atoms with Crippen LogP contribution in [-0.4, -0.2) is 26.2 Å². The molecule has 2 aromatic carbocycles. The highest BCUT2D eigenvalue weighted by Gasteiger charge is 2.35. The molecule has 9 heteroatoms. The molecule has 5 aromatic rings. The number of amides is 2. The highest BCUT2D eigenvalue weighted by atomic mass is 16.2. The van der Waals surface area contributed by atoms with Crippen molar-refractivity contribution in [2.75, 3.05) is 4.90 Å². The van der Waals surface area contributed by atoms with Crippen LogP contribution in [0.4, 0.5) is 5.69 Å². The van der Waals surface area contributed by atoms with Gasteiger partial charge < -0.3 is 0 Å². The molecule has 0 saturated carbocycles. The summed E-state index contributed by atoms with van der Waals surface area (Å²) in [5, 5.41) is 20.3. The molecule has 0 N–H and O–H groups in total. The third kappa shape index (κ3) is 1.96. The van der Waals surface area contributed by atoms with Crippen molar-refractivity contribution < 1.29 is 9.59 Å². The van der Waals surface area contributed by atoms with Crippen molar-refractivity contribution >= 4 is 44.7 Å². The lowest BCUT2D eigenvalue weighted by Gasteiger charge is -2.27. The van der Waals surface area contributed by atoms with E-state index in [1.807, 2.05) is 12.1 Å². The maximum absolute atomic E-state index is 13.3. The molecular formula is C23H8N6O3. The van der Waals surface area contributed by atoms with E-state index in [9.17, 15) is 24.9 Å². The van der Waals surface area contributed by atoms with E-state index in [1.165, 1.54) is 24.5 Å². The van der Waals surface area contributed by atoms with Crippen LogP contribution in [0.1, 0.15) is 32.1 Å². The molecule has 0 unspecified atom stereocenters. The highest BCUT2D eigenvalue weighted by molar-refractivity contribution is 6.38. The van der Waals surface area contributed by atoms with Crippen LogP contribution in [0.3, 0.4) is 0 Å². The molecule has 6 rings (SSSR count). The normalized spacial score (nSPS) is 13.1. The Kier molecular flexibility index (Phi) is 3.28. The van der Waals surface area contributed by atoms with Gasteiger partial charge in [-0.1, -0.05) is 0 Å². The van der Waals surface area contributed by atoms with Crippen LogP contribution in [0.15, 0.2) is 53.6 Å². The molecule has 1 aliphatic heterocycles. The third-order valence-corrected chi connectivity index (χ3v) is 5.71. The number of fused-ring (bicyclic) bond motifs is 2. The van der Waals surface area contributed by atoms with Gasteiger partial charge in [0.1, 0.15) is 17.8 Å². The molecule has 4 heterocycles. The van der Waals surface area contributed by atoms with E-state index >= 15 is 0 Å². The summed E-state index contributed by atoms with van der Waals surface area (Å²) in [6, 6.07) is 13.0. The lowest BCUT2D eigenvalue weighted by Crippen LogP contribution is -2.40. The molecule has 32 heavy (non-hydrogen) atoms. The topological polar surface area (TPSA) is 132 Å². The summed E-state index contributed by atoms with van der Waals surface area (Å²) in [7, 11) is 0. The zero-order valence-electron chi connectivity index (χ0n) is 16.0. The van der Waals surface area contributed by atoms with E-state index in [2.05, 4.69) is 9.97 Å². The van der Waals surface area contributed by atoms with Crippen molar-refractivity contribution in [3.05, 3.63) is 81.7 Å². The lowest BCUT2D eigenvalue weighted by molar-refractivity contribution is 0.0893. The summed E-state index contributed by atoms with van der Waals surface area (Å²) in [5.41, 5.74) is 0.204. The Morgan fingerprint density at radius 1 is 0.781 bits per heavy atom. The minimum atomic E-state index is -0.543. The Bertz CT molecular complexity index is 1790. The minimum Gasteiger partial charge on any atom is -0.268 e. The molecular weight excluding hydrogens is 408 g/mol. The number of anilines is 1. The predicted molar refractivity (Wildman–Crippen MR) is 112 cm³/mol.